The van der Waals surface area contributed by atoms with Crippen LogP contribution in [0.25, 0.3) is 0 Å². The maximum atomic E-state index is 12.4. The summed E-state index contributed by atoms with van der Waals surface area (Å²) in [5.41, 5.74) is 1.18. The smallest absolute Gasteiger partial charge is 0.317 e. The van der Waals surface area contributed by atoms with Crippen LogP contribution in [0, 0.1) is 5.92 Å². The summed E-state index contributed by atoms with van der Waals surface area (Å²) >= 11 is 0. The standard InChI is InChI=1S/C17H26N2O2/c1-2-19(12-13-20)17(21)18-16(15-10-6-7-11-15)14-8-4-3-5-9-14/h3-5,8-9,15-16,20H,2,6-7,10-13H2,1H3,(H,18,21). The number of nitrogens with one attached hydrogen (secondary N) is 1. The fourth-order valence-corrected chi connectivity index (χ4v) is 3.17. The van der Waals surface area contributed by atoms with Gasteiger partial charge in [-0.05, 0) is 31.2 Å². The Labute approximate surface area is 127 Å². The lowest BCUT2D eigenvalue weighted by Crippen LogP contribution is -2.44. The number of hydrogen-bond donors (Lipinski definition) is 2. The van der Waals surface area contributed by atoms with Crippen molar-refractivity contribution < 1.29 is 9.90 Å². The first-order valence-corrected chi connectivity index (χ1v) is 7.97. The monoisotopic (exact) mass is 290 g/mol. The van der Waals surface area contributed by atoms with Crippen molar-refractivity contribution in [1.82, 2.24) is 10.2 Å². The van der Waals surface area contributed by atoms with Crippen molar-refractivity contribution in [2.75, 3.05) is 19.7 Å². The zero-order valence-electron chi connectivity index (χ0n) is 12.8. The molecule has 1 unspecified atom stereocenters. The van der Waals surface area contributed by atoms with Gasteiger partial charge in [-0.15, -0.1) is 0 Å². The molecule has 1 fully saturated rings. The molecular weight excluding hydrogens is 264 g/mol. The molecule has 4 heteroatoms. The Kier molecular flexibility index (Phi) is 6.05. The van der Waals surface area contributed by atoms with Gasteiger partial charge in [0.2, 0.25) is 0 Å². The van der Waals surface area contributed by atoms with Crippen LogP contribution in [-0.2, 0) is 0 Å². The summed E-state index contributed by atoms with van der Waals surface area (Å²) in [6.45, 7) is 2.93. The number of benzene rings is 1. The summed E-state index contributed by atoms with van der Waals surface area (Å²) in [4.78, 5) is 14.1. The second-order valence-corrected chi connectivity index (χ2v) is 5.69. The highest BCUT2D eigenvalue weighted by molar-refractivity contribution is 5.74. The number of carbonyl (C=O) groups is 1. The number of urea groups is 1. The largest absolute Gasteiger partial charge is 0.395 e. The van der Waals surface area contributed by atoms with Crippen LogP contribution in [0.3, 0.4) is 0 Å². The van der Waals surface area contributed by atoms with E-state index in [1.807, 2.05) is 25.1 Å². The van der Waals surface area contributed by atoms with Crippen LogP contribution in [0.2, 0.25) is 0 Å². The first-order chi connectivity index (χ1) is 10.3. The lowest BCUT2D eigenvalue weighted by atomic mass is 9.92. The number of likely N-dealkylation sites (N-methyl/N-ethyl adjacent to an activating group) is 1. The number of aliphatic hydroxyl groups is 1. The zero-order valence-corrected chi connectivity index (χ0v) is 12.8. The molecule has 2 N–H and O–H groups in total. The Hall–Kier alpha value is -1.55. The average Bonchev–Trinajstić information content (AvgIpc) is 3.05. The molecule has 1 saturated carbocycles. The van der Waals surface area contributed by atoms with E-state index in [0.717, 1.165) is 0 Å². The molecule has 1 aromatic rings. The van der Waals surface area contributed by atoms with E-state index in [4.69, 9.17) is 5.11 Å². The van der Waals surface area contributed by atoms with Crippen molar-refractivity contribution in [3.8, 4) is 0 Å². The van der Waals surface area contributed by atoms with Crippen molar-refractivity contribution in [3.63, 3.8) is 0 Å². The van der Waals surface area contributed by atoms with E-state index in [2.05, 4.69) is 17.4 Å². The van der Waals surface area contributed by atoms with E-state index in [9.17, 15) is 4.79 Å². The summed E-state index contributed by atoms with van der Waals surface area (Å²) in [7, 11) is 0. The fourth-order valence-electron chi connectivity index (χ4n) is 3.17. The van der Waals surface area contributed by atoms with Gasteiger partial charge in [-0.2, -0.15) is 0 Å². The van der Waals surface area contributed by atoms with E-state index in [0.29, 0.717) is 19.0 Å². The predicted molar refractivity (Wildman–Crippen MR) is 84.0 cm³/mol. The first kappa shape index (κ1) is 15.8. The van der Waals surface area contributed by atoms with Gasteiger partial charge in [0.05, 0.1) is 12.6 Å². The van der Waals surface area contributed by atoms with Crippen LogP contribution >= 0.6 is 0 Å². The van der Waals surface area contributed by atoms with E-state index in [1.165, 1.54) is 31.2 Å². The number of aliphatic hydroxyl groups excluding tert-OH is 1. The molecule has 0 spiro atoms. The van der Waals surface area contributed by atoms with Gasteiger partial charge < -0.3 is 15.3 Å². The molecule has 0 aromatic heterocycles. The predicted octanol–water partition coefficient (Wildman–Crippen LogP) is 2.94. The average molecular weight is 290 g/mol. The second kappa shape index (κ2) is 8.03. The Balaban J connectivity index is 2.10. The highest BCUT2D eigenvalue weighted by Crippen LogP contribution is 2.35. The topological polar surface area (TPSA) is 52.6 Å². The minimum Gasteiger partial charge on any atom is -0.395 e. The quantitative estimate of drug-likeness (QED) is 0.846. The molecule has 116 valence electrons. The molecule has 1 aromatic carbocycles. The minimum absolute atomic E-state index is 0.000687. The normalized spacial score (nSPS) is 16.7. The Morgan fingerprint density at radius 2 is 2.00 bits per heavy atom. The van der Waals surface area contributed by atoms with E-state index >= 15 is 0 Å². The molecule has 2 amide bonds. The molecule has 0 bridgehead atoms. The Morgan fingerprint density at radius 1 is 1.33 bits per heavy atom. The third kappa shape index (κ3) is 4.21. The van der Waals surface area contributed by atoms with Crippen LogP contribution in [0.1, 0.15) is 44.2 Å². The van der Waals surface area contributed by atoms with Gasteiger partial charge in [0.1, 0.15) is 0 Å². The van der Waals surface area contributed by atoms with E-state index < -0.39 is 0 Å². The number of amides is 2. The van der Waals surface area contributed by atoms with E-state index in [1.54, 1.807) is 4.90 Å². The number of rotatable bonds is 6. The lowest BCUT2D eigenvalue weighted by Gasteiger charge is -2.29. The van der Waals surface area contributed by atoms with Crippen molar-refractivity contribution >= 4 is 6.03 Å². The van der Waals surface area contributed by atoms with Crippen molar-refractivity contribution in [1.29, 1.82) is 0 Å². The van der Waals surface area contributed by atoms with Crippen LogP contribution in [0.4, 0.5) is 4.79 Å². The number of nitrogens with zero attached hydrogens (tertiary/aromatic N) is 1. The molecule has 4 nitrogen and oxygen atoms in total. The van der Waals surface area contributed by atoms with Crippen LogP contribution < -0.4 is 5.32 Å². The molecule has 0 radical (unpaired) electrons. The molecule has 0 aliphatic heterocycles. The number of carbonyl (C=O) groups excluding carboxylic acids is 1. The van der Waals surface area contributed by atoms with Gasteiger partial charge in [-0.25, -0.2) is 4.79 Å². The molecule has 21 heavy (non-hydrogen) atoms. The summed E-state index contributed by atoms with van der Waals surface area (Å²) in [5, 5.41) is 12.2. The van der Waals surface area contributed by atoms with Crippen LogP contribution in [0.5, 0.6) is 0 Å². The highest BCUT2D eigenvalue weighted by atomic mass is 16.3. The third-order valence-corrected chi connectivity index (χ3v) is 4.35. The molecule has 1 atom stereocenters. The Bertz CT molecular complexity index is 430. The summed E-state index contributed by atoms with van der Waals surface area (Å²) in [6, 6.07) is 10.2. The maximum absolute atomic E-state index is 12.4. The van der Waals surface area contributed by atoms with Gasteiger partial charge >= 0.3 is 6.03 Å². The third-order valence-electron chi connectivity index (χ3n) is 4.35. The zero-order chi connectivity index (χ0) is 15.1. The molecule has 1 aliphatic rings. The molecule has 0 heterocycles. The van der Waals surface area contributed by atoms with Crippen LogP contribution in [-0.4, -0.2) is 35.7 Å². The lowest BCUT2D eigenvalue weighted by molar-refractivity contribution is 0.173. The van der Waals surface area contributed by atoms with Gasteiger partial charge in [-0.1, -0.05) is 43.2 Å². The molecule has 1 aliphatic carbocycles. The van der Waals surface area contributed by atoms with Crippen molar-refractivity contribution in [2.24, 2.45) is 5.92 Å². The minimum atomic E-state index is -0.0766. The fraction of sp³-hybridized carbons (Fsp3) is 0.588. The molecule has 0 saturated heterocycles. The SMILES string of the molecule is CCN(CCO)C(=O)NC(c1ccccc1)C1CCCC1. The summed E-state index contributed by atoms with van der Waals surface area (Å²) in [6.07, 6.45) is 4.84. The maximum Gasteiger partial charge on any atom is 0.317 e. The van der Waals surface area contributed by atoms with Crippen molar-refractivity contribution in [2.45, 2.75) is 38.6 Å². The van der Waals surface area contributed by atoms with Gasteiger partial charge in [-0.3, -0.25) is 0 Å². The van der Waals surface area contributed by atoms with Gasteiger partial charge in [0.15, 0.2) is 0 Å². The molecular formula is C17H26N2O2. The second-order valence-electron chi connectivity index (χ2n) is 5.69. The van der Waals surface area contributed by atoms with Crippen LogP contribution in [0.15, 0.2) is 30.3 Å². The highest BCUT2D eigenvalue weighted by Gasteiger charge is 2.28. The molecule has 2 rings (SSSR count). The Morgan fingerprint density at radius 3 is 2.57 bits per heavy atom. The summed E-state index contributed by atoms with van der Waals surface area (Å²) < 4.78 is 0. The first-order valence-electron chi connectivity index (χ1n) is 7.97. The van der Waals surface area contributed by atoms with Gasteiger partial charge in [0, 0.05) is 13.1 Å². The number of hydrogen-bond acceptors (Lipinski definition) is 2. The van der Waals surface area contributed by atoms with E-state index in [-0.39, 0.29) is 18.7 Å². The summed E-state index contributed by atoms with van der Waals surface area (Å²) in [5.74, 6) is 0.518. The van der Waals surface area contributed by atoms with Crippen molar-refractivity contribution in [3.05, 3.63) is 35.9 Å². The van der Waals surface area contributed by atoms with Gasteiger partial charge in [0.25, 0.3) is 0 Å².